The zero-order chi connectivity index (χ0) is 10.1. The molecule has 0 bridgehead atoms. The minimum atomic E-state index is -0.848. The molecule has 5 nitrogen and oxygen atoms in total. The molecule has 0 aromatic carbocycles. The number of methoxy groups -OCH3 is 1. The average molecular weight is 188 g/mol. The summed E-state index contributed by atoms with van der Waals surface area (Å²) in [6, 6.07) is 0. The topological polar surface area (TPSA) is 81.4 Å². The van der Waals surface area contributed by atoms with Gasteiger partial charge in [0.2, 0.25) is 0 Å². The number of hydrogen-bond acceptors (Lipinski definition) is 4. The second-order valence-corrected chi connectivity index (χ2v) is 2.60. The van der Waals surface area contributed by atoms with E-state index in [1.807, 2.05) is 0 Å². The van der Waals surface area contributed by atoms with E-state index in [-0.39, 0.29) is 0 Å². The average Bonchev–Trinajstić information content (AvgIpc) is 2.16. The van der Waals surface area contributed by atoms with Crippen molar-refractivity contribution in [2.75, 3.05) is 20.2 Å². The van der Waals surface area contributed by atoms with E-state index in [4.69, 9.17) is 5.73 Å². The number of rotatable bonds is 5. The summed E-state index contributed by atoms with van der Waals surface area (Å²) in [5.74, 6) is -1.53. The summed E-state index contributed by atoms with van der Waals surface area (Å²) in [7, 11) is 1.18. The van der Waals surface area contributed by atoms with Crippen molar-refractivity contribution in [2.24, 2.45) is 5.73 Å². The van der Waals surface area contributed by atoms with Crippen LogP contribution in [-0.4, -0.2) is 32.1 Å². The summed E-state index contributed by atoms with van der Waals surface area (Å²) in [6.45, 7) is 1.15. The molecule has 0 fully saturated rings. The van der Waals surface area contributed by atoms with Crippen LogP contribution < -0.4 is 11.1 Å². The van der Waals surface area contributed by atoms with Gasteiger partial charge < -0.3 is 15.8 Å². The predicted molar refractivity (Wildman–Crippen MR) is 47.9 cm³/mol. The second kappa shape index (κ2) is 7.54. The summed E-state index contributed by atoms with van der Waals surface area (Å²) in [6.07, 6.45) is 2.73. The number of ether oxygens (including phenoxy) is 1. The molecule has 5 heteroatoms. The van der Waals surface area contributed by atoms with Crippen molar-refractivity contribution in [1.82, 2.24) is 5.32 Å². The van der Waals surface area contributed by atoms with Gasteiger partial charge in [-0.2, -0.15) is 0 Å². The van der Waals surface area contributed by atoms with E-state index in [2.05, 4.69) is 10.1 Å². The SMILES string of the molecule is COC(=O)C(=O)NCCCCCN. The Kier molecular flexibility index (Phi) is 6.91. The van der Waals surface area contributed by atoms with Gasteiger partial charge in [-0.3, -0.25) is 4.79 Å². The lowest BCUT2D eigenvalue weighted by molar-refractivity contribution is -0.152. The fraction of sp³-hybridized carbons (Fsp3) is 0.750. The Morgan fingerprint density at radius 2 is 2.00 bits per heavy atom. The zero-order valence-corrected chi connectivity index (χ0v) is 7.84. The Bertz CT molecular complexity index is 171. The van der Waals surface area contributed by atoms with Gasteiger partial charge in [0.25, 0.3) is 0 Å². The van der Waals surface area contributed by atoms with E-state index in [0.29, 0.717) is 13.1 Å². The molecule has 0 unspecified atom stereocenters. The lowest BCUT2D eigenvalue weighted by Crippen LogP contribution is -2.32. The number of carbonyl (C=O) groups is 2. The Labute approximate surface area is 77.6 Å². The molecule has 0 heterocycles. The molecule has 0 aliphatic carbocycles. The Morgan fingerprint density at radius 1 is 1.31 bits per heavy atom. The van der Waals surface area contributed by atoms with Crippen molar-refractivity contribution in [3.8, 4) is 0 Å². The fourth-order valence-electron chi connectivity index (χ4n) is 0.813. The third-order valence-electron chi connectivity index (χ3n) is 1.54. The molecular formula is C8H16N2O3. The van der Waals surface area contributed by atoms with E-state index in [9.17, 15) is 9.59 Å². The molecule has 0 aliphatic heterocycles. The van der Waals surface area contributed by atoms with Crippen LogP contribution >= 0.6 is 0 Å². The number of esters is 1. The monoisotopic (exact) mass is 188 g/mol. The van der Waals surface area contributed by atoms with Crippen LogP contribution in [0.5, 0.6) is 0 Å². The molecule has 1 amide bonds. The lowest BCUT2D eigenvalue weighted by atomic mass is 10.2. The number of unbranched alkanes of at least 4 members (excludes halogenated alkanes) is 2. The Hall–Kier alpha value is -1.10. The molecule has 0 radical (unpaired) electrons. The van der Waals surface area contributed by atoms with Gasteiger partial charge in [0, 0.05) is 6.54 Å². The molecule has 13 heavy (non-hydrogen) atoms. The van der Waals surface area contributed by atoms with Gasteiger partial charge in [-0.15, -0.1) is 0 Å². The van der Waals surface area contributed by atoms with Gasteiger partial charge in [0.05, 0.1) is 7.11 Å². The van der Waals surface area contributed by atoms with Crippen LogP contribution in [-0.2, 0) is 14.3 Å². The molecule has 0 spiro atoms. The summed E-state index contributed by atoms with van der Waals surface area (Å²) in [4.78, 5) is 21.4. The highest BCUT2D eigenvalue weighted by Gasteiger charge is 2.11. The molecular weight excluding hydrogens is 172 g/mol. The molecule has 0 rings (SSSR count). The molecule has 0 aliphatic rings. The van der Waals surface area contributed by atoms with Crippen molar-refractivity contribution in [3.05, 3.63) is 0 Å². The normalized spacial score (nSPS) is 9.38. The van der Waals surface area contributed by atoms with Gasteiger partial charge in [-0.25, -0.2) is 4.79 Å². The minimum absolute atomic E-state index is 0.494. The number of hydrogen-bond donors (Lipinski definition) is 2. The smallest absolute Gasteiger partial charge is 0.396 e. The van der Waals surface area contributed by atoms with Gasteiger partial charge >= 0.3 is 11.9 Å². The van der Waals surface area contributed by atoms with Gasteiger partial charge in [0.15, 0.2) is 0 Å². The third kappa shape index (κ3) is 6.10. The van der Waals surface area contributed by atoms with E-state index >= 15 is 0 Å². The molecule has 0 saturated heterocycles. The highest BCUT2D eigenvalue weighted by molar-refractivity contribution is 6.32. The molecule has 0 saturated carbocycles. The van der Waals surface area contributed by atoms with Crippen LogP contribution in [0, 0.1) is 0 Å². The standard InChI is InChI=1S/C8H16N2O3/c1-13-8(12)7(11)10-6-4-2-3-5-9/h2-6,9H2,1H3,(H,10,11). The van der Waals surface area contributed by atoms with Crippen LogP contribution in [0.1, 0.15) is 19.3 Å². The van der Waals surface area contributed by atoms with E-state index < -0.39 is 11.9 Å². The fourth-order valence-corrected chi connectivity index (χ4v) is 0.813. The van der Waals surface area contributed by atoms with Crippen molar-refractivity contribution in [1.29, 1.82) is 0 Å². The first-order valence-electron chi connectivity index (χ1n) is 4.28. The van der Waals surface area contributed by atoms with E-state index in [1.165, 1.54) is 7.11 Å². The quantitative estimate of drug-likeness (QED) is 0.343. The summed E-state index contributed by atoms with van der Waals surface area (Å²) in [5, 5.41) is 2.44. The first kappa shape index (κ1) is 11.9. The van der Waals surface area contributed by atoms with Crippen LogP contribution in [0.15, 0.2) is 0 Å². The van der Waals surface area contributed by atoms with Crippen molar-refractivity contribution in [3.63, 3.8) is 0 Å². The number of nitrogens with two attached hydrogens (primary N) is 1. The van der Waals surface area contributed by atoms with Crippen LogP contribution in [0.2, 0.25) is 0 Å². The number of carbonyl (C=O) groups excluding carboxylic acids is 2. The highest BCUT2D eigenvalue weighted by atomic mass is 16.5. The first-order chi connectivity index (χ1) is 6.22. The zero-order valence-electron chi connectivity index (χ0n) is 7.84. The van der Waals surface area contributed by atoms with Gasteiger partial charge in [-0.1, -0.05) is 6.42 Å². The lowest BCUT2D eigenvalue weighted by Gasteiger charge is -2.02. The van der Waals surface area contributed by atoms with Crippen LogP contribution in [0.25, 0.3) is 0 Å². The minimum Gasteiger partial charge on any atom is -0.462 e. The van der Waals surface area contributed by atoms with E-state index in [1.54, 1.807) is 0 Å². The van der Waals surface area contributed by atoms with Crippen molar-refractivity contribution in [2.45, 2.75) is 19.3 Å². The number of amides is 1. The van der Waals surface area contributed by atoms with Crippen molar-refractivity contribution >= 4 is 11.9 Å². The van der Waals surface area contributed by atoms with Crippen LogP contribution in [0.4, 0.5) is 0 Å². The summed E-state index contributed by atoms with van der Waals surface area (Å²) >= 11 is 0. The largest absolute Gasteiger partial charge is 0.462 e. The van der Waals surface area contributed by atoms with Crippen molar-refractivity contribution < 1.29 is 14.3 Å². The maximum atomic E-state index is 10.8. The first-order valence-corrected chi connectivity index (χ1v) is 4.28. The predicted octanol–water partition coefficient (Wildman–Crippen LogP) is -0.595. The number of nitrogens with one attached hydrogen (secondary N) is 1. The third-order valence-corrected chi connectivity index (χ3v) is 1.54. The molecule has 76 valence electrons. The molecule has 0 aromatic rings. The second-order valence-electron chi connectivity index (χ2n) is 2.60. The Balaban J connectivity index is 3.32. The molecule has 0 atom stereocenters. The molecule has 0 aromatic heterocycles. The highest BCUT2D eigenvalue weighted by Crippen LogP contribution is 1.90. The maximum Gasteiger partial charge on any atom is 0.396 e. The van der Waals surface area contributed by atoms with Crippen LogP contribution in [0.3, 0.4) is 0 Å². The van der Waals surface area contributed by atoms with E-state index in [0.717, 1.165) is 19.3 Å². The van der Waals surface area contributed by atoms with Gasteiger partial charge in [0.1, 0.15) is 0 Å². The summed E-state index contributed by atoms with van der Waals surface area (Å²) < 4.78 is 4.22. The maximum absolute atomic E-state index is 10.8. The molecule has 3 N–H and O–H groups in total. The Morgan fingerprint density at radius 3 is 2.54 bits per heavy atom. The van der Waals surface area contributed by atoms with Gasteiger partial charge in [-0.05, 0) is 19.4 Å². The summed E-state index contributed by atoms with van der Waals surface area (Å²) in [5.41, 5.74) is 5.28.